The summed E-state index contributed by atoms with van der Waals surface area (Å²) in [5.74, 6) is -0.456. The van der Waals surface area contributed by atoms with Crippen LogP contribution in [0.15, 0.2) is 78.9 Å². The summed E-state index contributed by atoms with van der Waals surface area (Å²) in [5, 5.41) is 3.02. The van der Waals surface area contributed by atoms with E-state index in [1.807, 2.05) is 12.1 Å². The van der Waals surface area contributed by atoms with Crippen LogP contribution in [-0.2, 0) is 17.6 Å². The van der Waals surface area contributed by atoms with Gasteiger partial charge in [0.25, 0.3) is 0 Å². The van der Waals surface area contributed by atoms with Crippen molar-refractivity contribution in [1.82, 2.24) is 4.90 Å². The third-order valence-corrected chi connectivity index (χ3v) is 6.72. The van der Waals surface area contributed by atoms with Gasteiger partial charge in [0.2, 0.25) is 5.91 Å². The Bertz CT molecular complexity index is 1070. The molecule has 3 aromatic carbocycles. The summed E-state index contributed by atoms with van der Waals surface area (Å²) in [4.78, 5) is 18.3. The largest absolute Gasteiger partial charge is 0.365 e. The highest BCUT2D eigenvalue weighted by Crippen LogP contribution is 2.36. The van der Waals surface area contributed by atoms with E-state index in [-0.39, 0.29) is 23.7 Å². The molecule has 2 atom stereocenters. The maximum Gasteiger partial charge on any atom is 0.229 e. The molecule has 4 nitrogen and oxygen atoms in total. The average molecular weight is 430 g/mol. The highest BCUT2D eigenvalue weighted by atomic mass is 19.1. The molecule has 3 aromatic rings. The Balaban J connectivity index is 1.34. The Hall–Kier alpha value is -3.18. The molecule has 0 saturated carbocycles. The van der Waals surface area contributed by atoms with Gasteiger partial charge in [0.15, 0.2) is 0 Å². The lowest BCUT2D eigenvalue weighted by Crippen LogP contribution is -2.60. The minimum Gasteiger partial charge on any atom is -0.365 e. The molecule has 1 amide bonds. The van der Waals surface area contributed by atoms with Crippen LogP contribution in [0, 0.1) is 11.7 Å². The summed E-state index contributed by atoms with van der Waals surface area (Å²) in [7, 11) is 0. The zero-order valence-electron chi connectivity index (χ0n) is 18.1. The lowest BCUT2D eigenvalue weighted by atomic mass is 9.83. The second-order valence-electron chi connectivity index (χ2n) is 8.73. The predicted molar refractivity (Wildman–Crippen MR) is 126 cm³/mol. The first-order valence-electron chi connectivity index (χ1n) is 11.3. The van der Waals surface area contributed by atoms with E-state index in [4.69, 9.17) is 0 Å². The first-order chi connectivity index (χ1) is 15.7. The van der Waals surface area contributed by atoms with Crippen LogP contribution < -0.4 is 10.2 Å². The quantitative estimate of drug-likeness (QED) is 0.654. The average Bonchev–Trinajstić information content (AvgIpc) is 2.84. The zero-order chi connectivity index (χ0) is 21.9. The first kappa shape index (κ1) is 20.7. The fourth-order valence-electron chi connectivity index (χ4n) is 5.02. The number of nitrogens with one attached hydrogen (secondary N) is 1. The van der Waals surface area contributed by atoms with Crippen LogP contribution in [0.4, 0.5) is 15.8 Å². The molecule has 1 fully saturated rings. The number of fused-ring (bicyclic) bond motifs is 3. The summed E-state index contributed by atoms with van der Waals surface area (Å²) in [6, 6.07) is 25.1. The van der Waals surface area contributed by atoms with Gasteiger partial charge in [-0.15, -0.1) is 0 Å². The molecule has 164 valence electrons. The van der Waals surface area contributed by atoms with E-state index in [0.717, 1.165) is 39.0 Å². The number of hydrogen-bond donors (Lipinski definition) is 1. The topological polar surface area (TPSA) is 35.6 Å². The number of hydrogen-bond acceptors (Lipinski definition) is 3. The molecule has 1 saturated heterocycles. The Morgan fingerprint density at radius 1 is 0.938 bits per heavy atom. The second-order valence-corrected chi connectivity index (χ2v) is 8.73. The lowest BCUT2D eigenvalue weighted by molar-refractivity contribution is -0.121. The van der Waals surface area contributed by atoms with Gasteiger partial charge in [-0.1, -0.05) is 48.5 Å². The number of halogens is 1. The van der Waals surface area contributed by atoms with Crippen LogP contribution in [-0.4, -0.2) is 43.0 Å². The predicted octanol–water partition coefficient (Wildman–Crippen LogP) is 4.37. The zero-order valence-corrected chi connectivity index (χ0v) is 18.1. The van der Waals surface area contributed by atoms with Crippen LogP contribution in [0.1, 0.15) is 11.1 Å². The number of benzene rings is 3. The molecule has 2 aliphatic rings. The van der Waals surface area contributed by atoms with Gasteiger partial charge in [0, 0.05) is 37.6 Å². The number of carbonyl (C=O) groups excluding carboxylic acids is 1. The molecule has 0 radical (unpaired) electrons. The van der Waals surface area contributed by atoms with Crippen molar-refractivity contribution < 1.29 is 9.18 Å². The standard InChI is InChI=1S/C27H28FN3O/c28-22-10-12-23(13-11-22)29-27(32)24-18-21-8-4-5-9-25(21)31-17-16-30(19-26(24)31)15-14-20-6-2-1-3-7-20/h1-13,24,26H,14-19H2,(H,29,32). The summed E-state index contributed by atoms with van der Waals surface area (Å²) < 4.78 is 13.3. The summed E-state index contributed by atoms with van der Waals surface area (Å²) >= 11 is 0. The minimum atomic E-state index is -0.304. The van der Waals surface area contributed by atoms with Gasteiger partial charge in [0.05, 0.1) is 12.0 Å². The minimum absolute atomic E-state index is 0.00557. The second kappa shape index (κ2) is 9.13. The van der Waals surface area contributed by atoms with E-state index >= 15 is 0 Å². The highest BCUT2D eigenvalue weighted by Gasteiger charge is 2.41. The Labute approximate surface area is 188 Å². The van der Waals surface area contributed by atoms with Gasteiger partial charge in [-0.2, -0.15) is 0 Å². The number of anilines is 2. The monoisotopic (exact) mass is 429 g/mol. The molecular weight excluding hydrogens is 401 g/mol. The van der Waals surface area contributed by atoms with Crippen molar-refractivity contribution in [3.05, 3.63) is 95.8 Å². The number of nitrogens with zero attached hydrogens (tertiary/aromatic N) is 2. The lowest BCUT2D eigenvalue weighted by Gasteiger charge is -2.49. The molecule has 0 aromatic heterocycles. The number of para-hydroxylation sites is 1. The molecule has 2 heterocycles. The molecule has 0 spiro atoms. The molecule has 0 aliphatic carbocycles. The van der Waals surface area contributed by atoms with Crippen molar-refractivity contribution >= 4 is 17.3 Å². The van der Waals surface area contributed by atoms with Crippen molar-refractivity contribution in [3.8, 4) is 0 Å². The maximum atomic E-state index is 13.4. The van der Waals surface area contributed by atoms with Gasteiger partial charge >= 0.3 is 0 Å². The highest BCUT2D eigenvalue weighted by molar-refractivity contribution is 5.94. The van der Waals surface area contributed by atoms with Crippen molar-refractivity contribution in [2.45, 2.75) is 18.9 Å². The smallest absolute Gasteiger partial charge is 0.229 e. The van der Waals surface area contributed by atoms with E-state index in [2.05, 4.69) is 57.6 Å². The van der Waals surface area contributed by atoms with Crippen molar-refractivity contribution in [2.75, 3.05) is 36.4 Å². The Kier molecular flexibility index (Phi) is 5.91. The molecule has 2 aliphatic heterocycles. The molecule has 5 rings (SSSR count). The molecule has 1 N–H and O–H groups in total. The van der Waals surface area contributed by atoms with Gasteiger partial charge in [-0.05, 0) is 54.3 Å². The molecule has 5 heteroatoms. The molecule has 32 heavy (non-hydrogen) atoms. The number of piperazine rings is 1. The molecule has 0 bridgehead atoms. The fourth-order valence-corrected chi connectivity index (χ4v) is 5.02. The van der Waals surface area contributed by atoms with E-state index in [1.165, 1.54) is 28.9 Å². The summed E-state index contributed by atoms with van der Waals surface area (Å²) in [6.07, 6.45) is 1.73. The maximum absolute atomic E-state index is 13.4. The summed E-state index contributed by atoms with van der Waals surface area (Å²) in [5.41, 5.74) is 4.46. The number of carbonyl (C=O) groups is 1. The van der Waals surface area contributed by atoms with Crippen LogP contribution >= 0.6 is 0 Å². The van der Waals surface area contributed by atoms with Gasteiger partial charge < -0.3 is 10.2 Å². The first-order valence-corrected chi connectivity index (χ1v) is 11.3. The van der Waals surface area contributed by atoms with Crippen molar-refractivity contribution in [2.24, 2.45) is 5.92 Å². The SMILES string of the molecule is O=C(Nc1ccc(F)cc1)C1Cc2ccccc2N2CCN(CCc3ccccc3)CC12. The van der Waals surface area contributed by atoms with Gasteiger partial charge in [-0.3, -0.25) is 9.69 Å². The normalized spacial score (nSPS) is 20.3. The third-order valence-electron chi connectivity index (χ3n) is 6.72. The number of rotatable bonds is 5. The van der Waals surface area contributed by atoms with E-state index < -0.39 is 0 Å². The molecular formula is C27H28FN3O. The number of amides is 1. The van der Waals surface area contributed by atoms with Crippen LogP contribution in [0.25, 0.3) is 0 Å². The van der Waals surface area contributed by atoms with Crippen LogP contribution in [0.3, 0.4) is 0 Å². The van der Waals surface area contributed by atoms with E-state index in [0.29, 0.717) is 5.69 Å². The van der Waals surface area contributed by atoms with Crippen LogP contribution in [0.5, 0.6) is 0 Å². The van der Waals surface area contributed by atoms with Gasteiger partial charge in [-0.25, -0.2) is 4.39 Å². The third kappa shape index (κ3) is 4.39. The summed E-state index contributed by atoms with van der Waals surface area (Å²) in [6.45, 7) is 3.76. The fraction of sp³-hybridized carbons (Fsp3) is 0.296. The Morgan fingerprint density at radius 3 is 2.50 bits per heavy atom. The van der Waals surface area contributed by atoms with Crippen LogP contribution in [0.2, 0.25) is 0 Å². The Morgan fingerprint density at radius 2 is 1.69 bits per heavy atom. The van der Waals surface area contributed by atoms with Gasteiger partial charge in [0.1, 0.15) is 5.82 Å². The van der Waals surface area contributed by atoms with Crippen molar-refractivity contribution in [3.63, 3.8) is 0 Å². The van der Waals surface area contributed by atoms with E-state index in [1.54, 1.807) is 12.1 Å². The molecule has 2 unspecified atom stereocenters. The van der Waals surface area contributed by atoms with Crippen molar-refractivity contribution in [1.29, 1.82) is 0 Å². The van der Waals surface area contributed by atoms with E-state index in [9.17, 15) is 9.18 Å².